The zero-order valence-electron chi connectivity index (χ0n) is 10.8. The Hall–Kier alpha value is -1.59. The molecule has 0 atom stereocenters. The molecule has 19 heavy (non-hydrogen) atoms. The van der Waals surface area contributed by atoms with Gasteiger partial charge in [-0.15, -0.1) is 0 Å². The number of halogens is 1. The minimum Gasteiger partial charge on any atom is -0.352 e. The van der Waals surface area contributed by atoms with Gasteiger partial charge in [-0.25, -0.2) is 0 Å². The molecule has 0 aliphatic heterocycles. The van der Waals surface area contributed by atoms with Crippen LogP contribution in [0.4, 0.5) is 5.69 Å². The second kappa shape index (κ2) is 7.76. The summed E-state index contributed by atoms with van der Waals surface area (Å²) < 4.78 is 0. The van der Waals surface area contributed by atoms with Gasteiger partial charge >= 0.3 is 0 Å². The Labute approximate surface area is 117 Å². The quantitative estimate of drug-likeness (QED) is 0.744. The molecule has 0 aliphatic rings. The second-order valence-corrected chi connectivity index (χ2v) is 4.43. The maximum absolute atomic E-state index is 11.8. The lowest BCUT2D eigenvalue weighted by Gasteiger charge is -2.11. The fourth-order valence-electron chi connectivity index (χ4n) is 1.55. The molecule has 0 spiro atoms. The monoisotopic (exact) mass is 283 g/mol. The summed E-state index contributed by atoms with van der Waals surface area (Å²) in [7, 11) is 0. The predicted molar refractivity (Wildman–Crippen MR) is 76.4 cm³/mol. The van der Waals surface area contributed by atoms with Gasteiger partial charge in [-0.1, -0.05) is 11.6 Å². The third-order valence-electron chi connectivity index (χ3n) is 2.45. The largest absolute Gasteiger partial charge is 0.352 e. The Balaban J connectivity index is 2.88. The van der Waals surface area contributed by atoms with E-state index in [1.54, 1.807) is 18.2 Å². The SMILES string of the molecule is CCNC(=O)c1ccc(Cl)cc1NC(=O)CCCN. The second-order valence-electron chi connectivity index (χ2n) is 3.99. The van der Waals surface area contributed by atoms with E-state index in [1.807, 2.05) is 6.92 Å². The number of carbonyl (C=O) groups excluding carboxylic acids is 2. The fourth-order valence-corrected chi connectivity index (χ4v) is 1.72. The molecule has 2 amide bonds. The smallest absolute Gasteiger partial charge is 0.253 e. The number of nitrogens with two attached hydrogens (primary N) is 1. The first kappa shape index (κ1) is 15.5. The van der Waals surface area contributed by atoms with Crippen LogP contribution in [0, 0.1) is 0 Å². The van der Waals surface area contributed by atoms with Crippen molar-refractivity contribution in [2.45, 2.75) is 19.8 Å². The van der Waals surface area contributed by atoms with Gasteiger partial charge in [-0.2, -0.15) is 0 Å². The number of amides is 2. The molecule has 1 aromatic carbocycles. The van der Waals surface area contributed by atoms with Crippen molar-refractivity contribution < 1.29 is 9.59 Å². The van der Waals surface area contributed by atoms with Gasteiger partial charge < -0.3 is 16.4 Å². The highest BCUT2D eigenvalue weighted by Crippen LogP contribution is 2.21. The van der Waals surface area contributed by atoms with Gasteiger partial charge in [0, 0.05) is 18.0 Å². The lowest BCUT2D eigenvalue weighted by molar-refractivity contribution is -0.116. The van der Waals surface area contributed by atoms with Crippen molar-refractivity contribution in [3.05, 3.63) is 28.8 Å². The van der Waals surface area contributed by atoms with Crippen molar-refractivity contribution in [2.75, 3.05) is 18.4 Å². The minimum atomic E-state index is -0.242. The van der Waals surface area contributed by atoms with Gasteiger partial charge in [0.15, 0.2) is 0 Å². The molecule has 0 saturated heterocycles. The van der Waals surface area contributed by atoms with E-state index in [2.05, 4.69) is 10.6 Å². The fraction of sp³-hybridized carbons (Fsp3) is 0.385. The first-order valence-corrected chi connectivity index (χ1v) is 6.54. The molecule has 0 aromatic heterocycles. The van der Waals surface area contributed by atoms with Gasteiger partial charge in [0.1, 0.15) is 0 Å². The highest BCUT2D eigenvalue weighted by Gasteiger charge is 2.13. The third-order valence-corrected chi connectivity index (χ3v) is 2.68. The van der Waals surface area contributed by atoms with E-state index in [9.17, 15) is 9.59 Å². The van der Waals surface area contributed by atoms with Gasteiger partial charge in [-0.3, -0.25) is 9.59 Å². The van der Waals surface area contributed by atoms with Crippen molar-refractivity contribution in [1.82, 2.24) is 5.32 Å². The third kappa shape index (κ3) is 4.89. The zero-order chi connectivity index (χ0) is 14.3. The molecular formula is C13H18ClN3O2. The topological polar surface area (TPSA) is 84.2 Å². The van der Waals surface area contributed by atoms with E-state index in [4.69, 9.17) is 17.3 Å². The number of rotatable bonds is 6. The van der Waals surface area contributed by atoms with E-state index in [-0.39, 0.29) is 11.8 Å². The van der Waals surface area contributed by atoms with Crippen LogP contribution in [0.1, 0.15) is 30.1 Å². The summed E-state index contributed by atoms with van der Waals surface area (Å²) in [5.41, 5.74) is 6.16. The summed E-state index contributed by atoms with van der Waals surface area (Å²) in [6.45, 7) is 2.79. The van der Waals surface area contributed by atoms with Gasteiger partial charge in [-0.05, 0) is 38.1 Å². The lowest BCUT2D eigenvalue weighted by atomic mass is 10.1. The Morgan fingerprint density at radius 3 is 2.74 bits per heavy atom. The molecule has 5 nitrogen and oxygen atoms in total. The average Bonchev–Trinajstić information content (AvgIpc) is 2.36. The average molecular weight is 284 g/mol. The molecular weight excluding hydrogens is 266 g/mol. The van der Waals surface area contributed by atoms with Gasteiger partial charge in [0.25, 0.3) is 5.91 Å². The highest BCUT2D eigenvalue weighted by molar-refractivity contribution is 6.31. The Morgan fingerprint density at radius 2 is 2.11 bits per heavy atom. The summed E-state index contributed by atoms with van der Waals surface area (Å²) in [6, 6.07) is 4.76. The molecule has 0 radical (unpaired) electrons. The first-order chi connectivity index (χ1) is 9.08. The number of benzene rings is 1. The number of anilines is 1. The Morgan fingerprint density at radius 1 is 1.37 bits per heavy atom. The van der Waals surface area contributed by atoms with E-state index in [0.717, 1.165) is 0 Å². The number of hydrogen-bond acceptors (Lipinski definition) is 3. The van der Waals surface area contributed by atoms with Gasteiger partial charge in [0.2, 0.25) is 5.91 Å². The first-order valence-electron chi connectivity index (χ1n) is 6.16. The number of nitrogens with one attached hydrogen (secondary N) is 2. The van der Waals surface area contributed by atoms with Crippen LogP contribution >= 0.6 is 11.6 Å². The van der Waals surface area contributed by atoms with E-state index < -0.39 is 0 Å². The van der Waals surface area contributed by atoms with Crippen LogP contribution in [0.25, 0.3) is 0 Å². The van der Waals surface area contributed by atoms with Crippen LogP contribution in [0.15, 0.2) is 18.2 Å². The molecule has 1 aromatic rings. The van der Waals surface area contributed by atoms with Crippen molar-refractivity contribution >= 4 is 29.1 Å². The maximum Gasteiger partial charge on any atom is 0.253 e. The Bertz CT molecular complexity index is 463. The molecule has 0 aliphatic carbocycles. The highest BCUT2D eigenvalue weighted by atomic mass is 35.5. The van der Waals surface area contributed by atoms with Gasteiger partial charge in [0.05, 0.1) is 11.3 Å². The minimum absolute atomic E-state index is 0.182. The summed E-state index contributed by atoms with van der Waals surface area (Å²) >= 11 is 5.88. The molecule has 0 fully saturated rings. The maximum atomic E-state index is 11.8. The zero-order valence-corrected chi connectivity index (χ0v) is 11.6. The van der Waals surface area contributed by atoms with Crippen LogP contribution in [-0.4, -0.2) is 24.9 Å². The lowest BCUT2D eigenvalue weighted by Crippen LogP contribution is -2.25. The van der Waals surface area contributed by atoms with Crippen LogP contribution in [-0.2, 0) is 4.79 Å². The normalized spacial score (nSPS) is 10.1. The van der Waals surface area contributed by atoms with E-state index in [0.29, 0.717) is 42.2 Å². The predicted octanol–water partition coefficient (Wildman–Crippen LogP) is 1.77. The van der Waals surface area contributed by atoms with Crippen molar-refractivity contribution in [2.24, 2.45) is 5.73 Å². The van der Waals surface area contributed by atoms with E-state index >= 15 is 0 Å². The summed E-state index contributed by atoms with van der Waals surface area (Å²) in [4.78, 5) is 23.5. The van der Waals surface area contributed by atoms with Crippen LogP contribution in [0.3, 0.4) is 0 Å². The molecule has 0 bridgehead atoms. The molecule has 104 valence electrons. The van der Waals surface area contributed by atoms with Crippen molar-refractivity contribution in [3.8, 4) is 0 Å². The summed E-state index contributed by atoms with van der Waals surface area (Å²) in [6.07, 6.45) is 0.917. The molecule has 0 saturated carbocycles. The number of hydrogen-bond donors (Lipinski definition) is 3. The van der Waals surface area contributed by atoms with Crippen molar-refractivity contribution in [1.29, 1.82) is 0 Å². The van der Waals surface area contributed by atoms with Crippen LogP contribution in [0.5, 0.6) is 0 Å². The standard InChI is InChI=1S/C13H18ClN3O2/c1-2-16-13(19)10-6-5-9(14)8-11(10)17-12(18)4-3-7-15/h5-6,8H,2-4,7,15H2,1H3,(H,16,19)(H,17,18). The van der Waals surface area contributed by atoms with Crippen molar-refractivity contribution in [3.63, 3.8) is 0 Å². The summed E-state index contributed by atoms with van der Waals surface area (Å²) in [5, 5.41) is 5.83. The number of carbonyl (C=O) groups is 2. The Kier molecular flexibility index (Phi) is 6.32. The molecule has 0 unspecified atom stereocenters. The van der Waals surface area contributed by atoms with Crippen LogP contribution in [0.2, 0.25) is 5.02 Å². The van der Waals surface area contributed by atoms with Crippen LogP contribution < -0.4 is 16.4 Å². The molecule has 0 heterocycles. The summed E-state index contributed by atoms with van der Waals surface area (Å²) in [5.74, 6) is -0.424. The molecule has 4 N–H and O–H groups in total. The molecule has 1 rings (SSSR count). The molecule has 6 heteroatoms. The van der Waals surface area contributed by atoms with E-state index in [1.165, 1.54) is 0 Å².